The first-order chi connectivity index (χ1) is 19.8. The summed E-state index contributed by atoms with van der Waals surface area (Å²) in [5, 5.41) is -0.404. The zero-order valence-electron chi connectivity index (χ0n) is 22.4. The number of halogens is 1. The lowest BCUT2D eigenvalue weighted by molar-refractivity contribution is -0.253. The van der Waals surface area contributed by atoms with Crippen LogP contribution < -0.4 is 0 Å². The fourth-order valence-corrected chi connectivity index (χ4v) is 5.46. The van der Waals surface area contributed by atoms with Crippen LogP contribution in [0.5, 0.6) is 0 Å². The van der Waals surface area contributed by atoms with Gasteiger partial charge in [0.15, 0.2) is 0 Å². The first kappa shape index (κ1) is 28.7. The van der Waals surface area contributed by atoms with E-state index in [-0.39, 0.29) is 6.10 Å². The van der Waals surface area contributed by atoms with Crippen LogP contribution in [0.25, 0.3) is 0 Å². The molecule has 6 heteroatoms. The lowest BCUT2D eigenvalue weighted by Gasteiger charge is -2.44. The summed E-state index contributed by atoms with van der Waals surface area (Å²) in [6.07, 6.45) is -1.60. The van der Waals surface area contributed by atoms with E-state index in [2.05, 4.69) is 64.5 Å². The number of ether oxygens (including phenoxy) is 5. The molecule has 1 saturated heterocycles. The Bertz CT molecular complexity index is 1240. The molecule has 0 saturated carbocycles. The molecule has 208 valence electrons. The highest BCUT2D eigenvalue weighted by molar-refractivity contribution is 9.09. The van der Waals surface area contributed by atoms with Crippen LogP contribution >= 0.6 is 15.9 Å². The van der Waals surface area contributed by atoms with Crippen LogP contribution in [0, 0.1) is 0 Å². The summed E-state index contributed by atoms with van der Waals surface area (Å²) in [7, 11) is 0. The highest BCUT2D eigenvalue weighted by Crippen LogP contribution is 2.33. The average molecular weight is 604 g/mol. The van der Waals surface area contributed by atoms with Gasteiger partial charge in [-0.1, -0.05) is 137 Å². The molecule has 4 aromatic rings. The Morgan fingerprint density at radius 2 is 0.850 bits per heavy atom. The SMILES string of the molecule is Br[C@H]1OC(COCc2ccccc2)[C@H](OCc2ccccc2)C(OCc2ccccc2)C1OCc1ccccc1. The Morgan fingerprint density at radius 1 is 0.475 bits per heavy atom. The molecule has 0 amide bonds. The van der Waals surface area contributed by atoms with Gasteiger partial charge in [-0.05, 0) is 22.3 Å². The Morgan fingerprint density at radius 3 is 1.30 bits per heavy atom. The van der Waals surface area contributed by atoms with Crippen molar-refractivity contribution in [3.8, 4) is 0 Å². The quantitative estimate of drug-likeness (QED) is 0.153. The van der Waals surface area contributed by atoms with E-state index in [1.807, 2.05) is 72.8 Å². The zero-order chi connectivity index (χ0) is 27.4. The van der Waals surface area contributed by atoms with Gasteiger partial charge in [-0.15, -0.1) is 0 Å². The third-order valence-electron chi connectivity index (χ3n) is 6.83. The molecule has 5 atom stereocenters. The van der Waals surface area contributed by atoms with Crippen LogP contribution in [0.3, 0.4) is 0 Å². The number of alkyl halides is 1. The van der Waals surface area contributed by atoms with Gasteiger partial charge in [-0.3, -0.25) is 0 Å². The largest absolute Gasteiger partial charge is 0.374 e. The summed E-state index contributed by atoms with van der Waals surface area (Å²) >= 11 is 3.76. The van der Waals surface area contributed by atoms with E-state index in [1.54, 1.807) is 0 Å². The summed E-state index contributed by atoms with van der Waals surface area (Å²) in [6.45, 7) is 2.13. The molecule has 1 heterocycles. The maximum absolute atomic E-state index is 6.62. The molecule has 0 N–H and O–H groups in total. The topological polar surface area (TPSA) is 46.2 Å². The second-order valence-electron chi connectivity index (χ2n) is 9.81. The fraction of sp³-hybridized carbons (Fsp3) is 0.294. The number of hydrogen-bond donors (Lipinski definition) is 0. The van der Waals surface area contributed by atoms with Crippen molar-refractivity contribution in [1.29, 1.82) is 0 Å². The van der Waals surface area contributed by atoms with Crippen molar-refractivity contribution in [1.82, 2.24) is 0 Å². The first-order valence-electron chi connectivity index (χ1n) is 13.6. The van der Waals surface area contributed by atoms with Gasteiger partial charge in [-0.2, -0.15) is 0 Å². The van der Waals surface area contributed by atoms with Gasteiger partial charge in [0.25, 0.3) is 0 Å². The summed E-state index contributed by atoms with van der Waals surface area (Å²) in [5.74, 6) is 0. The molecule has 0 bridgehead atoms. The van der Waals surface area contributed by atoms with Crippen molar-refractivity contribution in [2.45, 2.75) is 55.9 Å². The van der Waals surface area contributed by atoms with E-state index >= 15 is 0 Å². The van der Waals surface area contributed by atoms with Gasteiger partial charge in [0.2, 0.25) is 0 Å². The molecule has 0 aliphatic carbocycles. The second-order valence-corrected chi connectivity index (χ2v) is 10.7. The van der Waals surface area contributed by atoms with Gasteiger partial charge in [0.1, 0.15) is 29.4 Å². The van der Waals surface area contributed by atoms with Crippen LogP contribution in [0.2, 0.25) is 0 Å². The maximum Gasteiger partial charge on any atom is 0.141 e. The standard InChI is InChI=1S/C34H35BrO5/c35-34-33(39-24-29-19-11-4-12-20-29)32(38-23-28-17-9-3-10-18-28)31(37-22-27-15-7-2-8-16-27)30(40-34)25-36-21-26-13-5-1-6-14-26/h1-20,30-34H,21-25H2/t30?,31-,32?,33?,34-/m0/s1. The lowest BCUT2D eigenvalue weighted by atomic mass is 9.99. The highest BCUT2D eigenvalue weighted by Gasteiger charge is 2.47. The minimum atomic E-state index is -0.422. The van der Waals surface area contributed by atoms with Crippen LogP contribution in [0.4, 0.5) is 0 Å². The second kappa shape index (κ2) is 15.2. The number of rotatable bonds is 13. The third kappa shape index (κ3) is 8.33. The summed E-state index contributed by atoms with van der Waals surface area (Å²) in [6, 6.07) is 40.6. The molecule has 1 aliphatic heterocycles. The van der Waals surface area contributed by atoms with Crippen molar-refractivity contribution < 1.29 is 23.7 Å². The minimum absolute atomic E-state index is 0.354. The van der Waals surface area contributed by atoms with Crippen LogP contribution in [-0.2, 0) is 50.1 Å². The van der Waals surface area contributed by atoms with E-state index in [0.717, 1.165) is 22.3 Å². The molecule has 5 nitrogen and oxygen atoms in total. The van der Waals surface area contributed by atoms with Gasteiger partial charge < -0.3 is 23.7 Å². The Kier molecular flexibility index (Phi) is 10.9. The Labute approximate surface area is 245 Å². The molecule has 5 rings (SSSR count). The molecule has 0 spiro atoms. The van der Waals surface area contributed by atoms with E-state index < -0.39 is 23.3 Å². The minimum Gasteiger partial charge on any atom is -0.374 e. The van der Waals surface area contributed by atoms with E-state index in [9.17, 15) is 0 Å². The highest BCUT2D eigenvalue weighted by atomic mass is 79.9. The van der Waals surface area contributed by atoms with Gasteiger partial charge in [-0.25, -0.2) is 0 Å². The predicted molar refractivity (Wildman–Crippen MR) is 159 cm³/mol. The van der Waals surface area contributed by atoms with Crippen LogP contribution in [-0.4, -0.2) is 36.0 Å². The molecule has 0 radical (unpaired) electrons. The lowest BCUT2D eigenvalue weighted by Crippen LogP contribution is -2.59. The average Bonchev–Trinajstić information content (AvgIpc) is 3.01. The van der Waals surface area contributed by atoms with Crippen molar-refractivity contribution >= 4 is 15.9 Å². The van der Waals surface area contributed by atoms with E-state index in [1.165, 1.54) is 0 Å². The Hall–Kier alpha value is -2.84. The number of benzene rings is 4. The first-order valence-corrected chi connectivity index (χ1v) is 14.6. The molecule has 4 aromatic carbocycles. The summed E-state index contributed by atoms with van der Waals surface area (Å²) < 4.78 is 32.3. The molecular weight excluding hydrogens is 568 g/mol. The van der Waals surface area contributed by atoms with Crippen molar-refractivity contribution in [2.24, 2.45) is 0 Å². The number of hydrogen-bond acceptors (Lipinski definition) is 5. The van der Waals surface area contributed by atoms with Crippen LogP contribution in [0.15, 0.2) is 121 Å². The van der Waals surface area contributed by atoms with Crippen molar-refractivity contribution in [3.63, 3.8) is 0 Å². The normalized spacial score (nSPS) is 22.7. The maximum atomic E-state index is 6.62. The smallest absolute Gasteiger partial charge is 0.141 e. The van der Waals surface area contributed by atoms with Crippen LogP contribution in [0.1, 0.15) is 22.3 Å². The predicted octanol–water partition coefficient (Wildman–Crippen LogP) is 7.08. The van der Waals surface area contributed by atoms with E-state index in [0.29, 0.717) is 33.0 Å². The third-order valence-corrected chi connectivity index (χ3v) is 7.56. The molecule has 40 heavy (non-hydrogen) atoms. The zero-order valence-corrected chi connectivity index (χ0v) is 24.0. The molecule has 1 aliphatic rings. The van der Waals surface area contributed by atoms with E-state index in [4.69, 9.17) is 23.7 Å². The summed E-state index contributed by atoms with van der Waals surface area (Å²) in [4.78, 5) is 0. The van der Waals surface area contributed by atoms with Gasteiger partial charge in [0, 0.05) is 0 Å². The monoisotopic (exact) mass is 602 g/mol. The Balaban J connectivity index is 1.36. The molecule has 0 aromatic heterocycles. The fourth-order valence-electron chi connectivity index (χ4n) is 4.73. The summed E-state index contributed by atoms with van der Waals surface area (Å²) in [5.41, 5.74) is 4.35. The van der Waals surface area contributed by atoms with Gasteiger partial charge >= 0.3 is 0 Å². The molecular formula is C34H35BrO5. The molecule has 1 fully saturated rings. The molecule has 3 unspecified atom stereocenters. The van der Waals surface area contributed by atoms with Crippen molar-refractivity contribution in [3.05, 3.63) is 144 Å². The van der Waals surface area contributed by atoms with Gasteiger partial charge in [0.05, 0.1) is 33.0 Å². The van der Waals surface area contributed by atoms with Crippen molar-refractivity contribution in [2.75, 3.05) is 6.61 Å².